The van der Waals surface area contributed by atoms with Crippen LogP contribution in [0.15, 0.2) is 0 Å². The topological polar surface area (TPSA) is 0 Å². The van der Waals surface area contributed by atoms with E-state index in [1.165, 1.54) is 0 Å². The Labute approximate surface area is 115 Å². The van der Waals surface area contributed by atoms with Gasteiger partial charge in [0.25, 0.3) is 0 Å². The molecule has 0 nitrogen and oxygen atoms in total. The van der Waals surface area contributed by atoms with E-state index in [-0.39, 0.29) is 118 Å². The molecule has 0 rings (SSSR count). The molecule has 0 bridgehead atoms. The summed E-state index contributed by atoms with van der Waals surface area (Å²) in [5.74, 6) is 0. The van der Waals surface area contributed by atoms with Crippen LogP contribution >= 0.6 is 0 Å². The maximum atomic E-state index is 0. The SMILES string of the molecule is [AlH3].[AlH3].[Ce].[Ce]. The summed E-state index contributed by atoms with van der Waals surface area (Å²) in [5.41, 5.74) is 0. The molecule has 0 N–H and O–H groups in total. The summed E-state index contributed by atoms with van der Waals surface area (Å²) in [7, 11) is 0. The number of hydrogen-bond donors (Lipinski definition) is 0. The number of rotatable bonds is 0. The molecule has 4 heavy (non-hydrogen) atoms. The third kappa shape index (κ3) is 9.26. The molecule has 0 aromatic rings. The fourth-order valence-corrected chi connectivity index (χ4v) is 0. The molecule has 0 aliphatic rings. The molecule has 0 atom stereocenters. The predicted molar refractivity (Wildman–Crippen MR) is 19.9 cm³/mol. The van der Waals surface area contributed by atoms with Crippen LogP contribution in [0, 0.1) is 83.5 Å². The third-order valence-electron chi connectivity index (χ3n) is 0. The summed E-state index contributed by atoms with van der Waals surface area (Å²) in [6.07, 6.45) is 0. The molecule has 0 radical (unpaired) electrons. The Morgan fingerprint density at radius 2 is 0.500 bits per heavy atom. The first-order chi connectivity index (χ1) is 0. The van der Waals surface area contributed by atoms with Gasteiger partial charge in [-0.25, -0.2) is 0 Å². The van der Waals surface area contributed by atoms with Crippen molar-refractivity contribution in [1.29, 1.82) is 0 Å². The Hall–Kier alpha value is 3.82. The standard InChI is InChI=1S/2Al.2Ce.6H. The molecule has 4 heteroatoms. The van der Waals surface area contributed by atoms with Crippen LogP contribution in [0.5, 0.6) is 0 Å². The van der Waals surface area contributed by atoms with Crippen LogP contribution in [0.1, 0.15) is 0 Å². The van der Waals surface area contributed by atoms with Gasteiger partial charge in [0.1, 0.15) is 0 Å². The van der Waals surface area contributed by atoms with Crippen LogP contribution in [-0.4, -0.2) is 34.7 Å². The molecule has 0 aromatic heterocycles. The van der Waals surface area contributed by atoms with Crippen molar-refractivity contribution in [1.82, 2.24) is 0 Å². The molecule has 0 amide bonds. The second-order valence-corrected chi connectivity index (χ2v) is 0. The maximum Gasteiger partial charge on any atom is 0.187 e. The molecule has 0 unspecified atom stereocenters. The Morgan fingerprint density at radius 1 is 0.500 bits per heavy atom. The smallest absolute Gasteiger partial charge is 0 e. The monoisotopic (exact) mass is 340 g/mol. The summed E-state index contributed by atoms with van der Waals surface area (Å²) in [6.45, 7) is 0. The van der Waals surface area contributed by atoms with Crippen molar-refractivity contribution < 1.29 is 83.5 Å². The molecular formula is H6Al2Ce2. The van der Waals surface area contributed by atoms with E-state index in [9.17, 15) is 0 Å². The minimum atomic E-state index is 0. The average molecular weight is 340 g/mol. The second kappa shape index (κ2) is 15.8. The van der Waals surface area contributed by atoms with Crippen LogP contribution in [-0.2, 0) is 0 Å². The van der Waals surface area contributed by atoms with Crippen LogP contribution < -0.4 is 0 Å². The Balaban J connectivity index is 0. The van der Waals surface area contributed by atoms with Crippen molar-refractivity contribution in [2.75, 3.05) is 0 Å². The van der Waals surface area contributed by atoms with Crippen LogP contribution in [0.4, 0.5) is 0 Å². The van der Waals surface area contributed by atoms with Gasteiger partial charge in [0.15, 0.2) is 34.7 Å². The van der Waals surface area contributed by atoms with Crippen molar-refractivity contribution >= 4 is 34.7 Å². The van der Waals surface area contributed by atoms with E-state index in [0.717, 1.165) is 0 Å². The van der Waals surface area contributed by atoms with E-state index >= 15 is 0 Å². The molecule has 0 aliphatic carbocycles. The second-order valence-electron chi connectivity index (χ2n) is 0. The van der Waals surface area contributed by atoms with Crippen molar-refractivity contribution in [3.63, 3.8) is 0 Å². The summed E-state index contributed by atoms with van der Waals surface area (Å²) >= 11 is 0. The molecule has 0 spiro atoms. The van der Waals surface area contributed by atoms with Gasteiger partial charge in [0.05, 0.1) is 0 Å². The van der Waals surface area contributed by atoms with Crippen molar-refractivity contribution in [3.8, 4) is 0 Å². The number of hydrogen-bond acceptors (Lipinski definition) is 0. The quantitative estimate of drug-likeness (QED) is 0.433. The molecule has 20 valence electrons. The van der Waals surface area contributed by atoms with Gasteiger partial charge in [0, 0.05) is 83.5 Å². The molecule has 0 heterocycles. The zero-order valence-electron chi connectivity index (χ0n) is 1.00. The summed E-state index contributed by atoms with van der Waals surface area (Å²) in [5, 5.41) is 0. The molecule has 0 aromatic carbocycles. The fourth-order valence-electron chi connectivity index (χ4n) is 0. The van der Waals surface area contributed by atoms with Crippen LogP contribution in [0.3, 0.4) is 0 Å². The zero-order valence-corrected chi connectivity index (χ0v) is 7.28. The van der Waals surface area contributed by atoms with Gasteiger partial charge < -0.3 is 0 Å². The normalized spacial score (nSPS) is 0. The van der Waals surface area contributed by atoms with Gasteiger partial charge >= 0.3 is 0 Å². The molecule has 0 aliphatic heterocycles. The molecule has 0 saturated heterocycles. The first kappa shape index (κ1) is 24.9. The minimum absolute atomic E-state index is 0. The van der Waals surface area contributed by atoms with Crippen molar-refractivity contribution in [3.05, 3.63) is 0 Å². The maximum absolute atomic E-state index is 0. The van der Waals surface area contributed by atoms with Gasteiger partial charge in [-0.05, 0) is 0 Å². The van der Waals surface area contributed by atoms with Crippen LogP contribution in [0.2, 0.25) is 0 Å². The first-order valence-corrected chi connectivity index (χ1v) is 0. The van der Waals surface area contributed by atoms with E-state index in [0.29, 0.717) is 0 Å². The van der Waals surface area contributed by atoms with Gasteiger partial charge in [-0.2, -0.15) is 0 Å². The van der Waals surface area contributed by atoms with Gasteiger partial charge in [0.2, 0.25) is 0 Å². The summed E-state index contributed by atoms with van der Waals surface area (Å²) in [4.78, 5) is 0. The molecular weight excluding hydrogens is 334 g/mol. The van der Waals surface area contributed by atoms with Crippen LogP contribution in [0.25, 0.3) is 0 Å². The Kier molecular flexibility index (Phi) is 98.7. The molecule has 0 fully saturated rings. The first-order valence-electron chi connectivity index (χ1n) is 0. The van der Waals surface area contributed by atoms with Gasteiger partial charge in [-0.3, -0.25) is 0 Å². The minimum Gasteiger partial charge on any atom is 0 e. The summed E-state index contributed by atoms with van der Waals surface area (Å²) in [6, 6.07) is 0. The summed E-state index contributed by atoms with van der Waals surface area (Å²) < 4.78 is 0. The third-order valence-corrected chi connectivity index (χ3v) is 0. The van der Waals surface area contributed by atoms with Gasteiger partial charge in [-0.1, -0.05) is 0 Å². The molecule has 0 saturated carbocycles. The largest absolute Gasteiger partial charge is 0.187 e. The Morgan fingerprint density at radius 3 is 0.500 bits per heavy atom. The van der Waals surface area contributed by atoms with E-state index in [1.807, 2.05) is 0 Å². The fraction of sp³-hybridized carbons (Fsp3) is 0. The zero-order chi connectivity index (χ0) is 0. The van der Waals surface area contributed by atoms with E-state index in [4.69, 9.17) is 0 Å². The Bertz CT molecular complexity index is 4.00. The van der Waals surface area contributed by atoms with Crippen molar-refractivity contribution in [2.45, 2.75) is 0 Å². The van der Waals surface area contributed by atoms with Crippen molar-refractivity contribution in [2.24, 2.45) is 0 Å². The van der Waals surface area contributed by atoms with E-state index < -0.39 is 0 Å². The average Bonchev–Trinajstić information content (AvgIpc) is 0. The van der Waals surface area contributed by atoms with E-state index in [2.05, 4.69) is 0 Å². The van der Waals surface area contributed by atoms with Gasteiger partial charge in [-0.15, -0.1) is 0 Å². The van der Waals surface area contributed by atoms with E-state index in [1.54, 1.807) is 0 Å². The predicted octanol–water partition coefficient (Wildman–Crippen LogP) is -2.37.